The second-order valence-corrected chi connectivity index (χ2v) is 11.7. The van der Waals surface area contributed by atoms with E-state index in [1.54, 1.807) is 30.3 Å². The maximum Gasteiger partial charge on any atom is 0.261 e. The van der Waals surface area contributed by atoms with Crippen LogP contribution in [0.1, 0.15) is 23.2 Å². The third-order valence-corrected chi connectivity index (χ3v) is 8.96. The Bertz CT molecular complexity index is 1400. The van der Waals surface area contributed by atoms with Gasteiger partial charge in [0.15, 0.2) is 0 Å². The molecular weight excluding hydrogens is 498 g/mol. The van der Waals surface area contributed by atoms with Gasteiger partial charge >= 0.3 is 0 Å². The zero-order valence-electron chi connectivity index (χ0n) is 17.9. The summed E-state index contributed by atoms with van der Waals surface area (Å²) in [6.45, 7) is 0.891. The molecule has 1 amide bonds. The molecule has 0 atom stereocenters. The zero-order chi connectivity index (χ0) is 24.3. The van der Waals surface area contributed by atoms with E-state index in [-0.39, 0.29) is 20.4 Å². The average Bonchev–Trinajstić information content (AvgIpc) is 3.36. The third-order valence-electron chi connectivity index (χ3n) is 5.33. The fraction of sp³-hybridized carbons (Fsp3) is 0.174. The second kappa shape index (κ2) is 9.75. The highest BCUT2D eigenvalue weighted by molar-refractivity contribution is 7.92. The molecule has 1 heterocycles. The lowest BCUT2D eigenvalue weighted by molar-refractivity contribution is 0.102. The Hall–Kier alpha value is -2.92. The van der Waals surface area contributed by atoms with Crippen LogP contribution in [0.4, 0.5) is 11.4 Å². The molecule has 3 aromatic carbocycles. The van der Waals surface area contributed by atoms with Crippen LogP contribution in [0.3, 0.4) is 0 Å². The summed E-state index contributed by atoms with van der Waals surface area (Å²) < 4.78 is 54.7. The molecule has 0 unspecified atom stereocenters. The van der Waals surface area contributed by atoms with Crippen LogP contribution < -0.4 is 10.0 Å². The quantitative estimate of drug-likeness (QED) is 0.486. The number of benzene rings is 3. The van der Waals surface area contributed by atoms with Crippen molar-refractivity contribution in [2.24, 2.45) is 0 Å². The van der Waals surface area contributed by atoms with Gasteiger partial charge in [-0.2, -0.15) is 4.31 Å². The first-order valence-electron chi connectivity index (χ1n) is 10.5. The molecule has 2 N–H and O–H groups in total. The summed E-state index contributed by atoms with van der Waals surface area (Å²) in [5, 5.41) is 2.73. The first-order valence-corrected chi connectivity index (χ1v) is 13.8. The van der Waals surface area contributed by atoms with Crippen molar-refractivity contribution in [1.82, 2.24) is 4.31 Å². The van der Waals surface area contributed by atoms with Crippen LogP contribution in [0.25, 0.3) is 0 Å². The molecule has 1 aliphatic rings. The molecule has 3 aromatic rings. The summed E-state index contributed by atoms with van der Waals surface area (Å²) in [5.41, 5.74) is 0.759. The Balaban J connectivity index is 1.51. The van der Waals surface area contributed by atoms with E-state index in [1.807, 2.05) is 0 Å². The van der Waals surface area contributed by atoms with Crippen LogP contribution >= 0.6 is 11.6 Å². The van der Waals surface area contributed by atoms with Crippen molar-refractivity contribution in [2.75, 3.05) is 23.1 Å². The number of amides is 1. The van der Waals surface area contributed by atoms with Gasteiger partial charge in [-0.05, 0) is 67.4 Å². The summed E-state index contributed by atoms with van der Waals surface area (Å²) in [4.78, 5) is 12.8. The number of carbonyl (C=O) groups excluding carboxylic acids is 1. The Morgan fingerprint density at radius 1 is 0.794 bits per heavy atom. The van der Waals surface area contributed by atoms with Gasteiger partial charge in [0.05, 0.1) is 20.4 Å². The molecule has 1 saturated heterocycles. The van der Waals surface area contributed by atoms with Crippen molar-refractivity contribution < 1.29 is 21.6 Å². The van der Waals surface area contributed by atoms with Crippen LogP contribution in [0.15, 0.2) is 82.6 Å². The van der Waals surface area contributed by atoms with E-state index in [0.717, 1.165) is 12.8 Å². The van der Waals surface area contributed by atoms with Crippen molar-refractivity contribution in [3.63, 3.8) is 0 Å². The Kier molecular flexibility index (Phi) is 6.94. The highest BCUT2D eigenvalue weighted by Crippen LogP contribution is 2.26. The Morgan fingerprint density at radius 3 is 2.06 bits per heavy atom. The summed E-state index contributed by atoms with van der Waals surface area (Å²) in [5.74, 6) is -0.610. The number of sulfonamides is 2. The number of hydrogen-bond donors (Lipinski definition) is 2. The fourth-order valence-electron chi connectivity index (χ4n) is 3.55. The normalized spacial score (nSPS) is 14.6. The minimum absolute atomic E-state index is 0.00243. The number of nitrogens with one attached hydrogen (secondary N) is 2. The monoisotopic (exact) mass is 519 g/mol. The molecule has 0 spiro atoms. The van der Waals surface area contributed by atoms with Crippen LogP contribution in [0, 0.1) is 0 Å². The van der Waals surface area contributed by atoms with E-state index in [1.165, 1.54) is 46.8 Å². The molecular formula is C23H22ClN3O5S2. The number of hydrogen-bond acceptors (Lipinski definition) is 5. The fourth-order valence-corrected chi connectivity index (χ4v) is 6.36. The highest BCUT2D eigenvalue weighted by atomic mass is 35.5. The van der Waals surface area contributed by atoms with Gasteiger partial charge in [-0.3, -0.25) is 9.52 Å². The van der Waals surface area contributed by atoms with Crippen LogP contribution in [-0.4, -0.2) is 40.1 Å². The first kappa shape index (κ1) is 24.2. The van der Waals surface area contributed by atoms with Crippen LogP contribution in [-0.2, 0) is 20.0 Å². The van der Waals surface area contributed by atoms with Crippen LogP contribution in [0.5, 0.6) is 0 Å². The van der Waals surface area contributed by atoms with Crippen molar-refractivity contribution in [3.05, 3.63) is 83.4 Å². The van der Waals surface area contributed by atoms with Gasteiger partial charge < -0.3 is 5.32 Å². The van der Waals surface area contributed by atoms with E-state index < -0.39 is 26.0 Å². The summed E-state index contributed by atoms with van der Waals surface area (Å²) in [7, 11) is -7.51. The first-order chi connectivity index (χ1) is 16.2. The lowest BCUT2D eigenvalue weighted by Crippen LogP contribution is -2.28. The molecule has 4 rings (SSSR count). The van der Waals surface area contributed by atoms with E-state index in [0.29, 0.717) is 24.5 Å². The van der Waals surface area contributed by atoms with Crippen molar-refractivity contribution in [3.8, 4) is 0 Å². The summed E-state index contributed by atoms with van der Waals surface area (Å²) >= 11 is 6.17. The number of rotatable bonds is 7. The molecule has 34 heavy (non-hydrogen) atoms. The standard InChI is InChI=1S/C23H22ClN3O5S2/c24-22-13-12-20(34(31,32)27-14-4-5-15-27)16-21(22)23(28)25-17-8-10-19(11-9-17)33(29,30)26-18-6-2-1-3-7-18/h1-3,6-13,16,26H,4-5,14-15H2,(H,25,28). The van der Waals surface area contributed by atoms with Gasteiger partial charge in [0.2, 0.25) is 10.0 Å². The number of para-hydroxylation sites is 1. The molecule has 8 nitrogen and oxygen atoms in total. The van der Waals surface area contributed by atoms with Crippen molar-refractivity contribution in [2.45, 2.75) is 22.6 Å². The van der Waals surface area contributed by atoms with Gasteiger partial charge in [0.25, 0.3) is 15.9 Å². The summed E-state index contributed by atoms with van der Waals surface area (Å²) in [6.07, 6.45) is 1.60. The number of carbonyl (C=O) groups is 1. The van der Waals surface area contributed by atoms with Crippen LogP contribution in [0.2, 0.25) is 5.02 Å². The number of nitrogens with zero attached hydrogens (tertiary/aromatic N) is 1. The average molecular weight is 520 g/mol. The van der Waals surface area contributed by atoms with Gasteiger partial charge in [0.1, 0.15) is 0 Å². The van der Waals surface area contributed by atoms with Gasteiger partial charge in [-0.1, -0.05) is 29.8 Å². The molecule has 0 aliphatic carbocycles. The molecule has 11 heteroatoms. The molecule has 178 valence electrons. The highest BCUT2D eigenvalue weighted by Gasteiger charge is 2.28. The smallest absolute Gasteiger partial charge is 0.261 e. The largest absolute Gasteiger partial charge is 0.322 e. The molecule has 0 saturated carbocycles. The van der Waals surface area contributed by atoms with Gasteiger partial charge in [-0.25, -0.2) is 16.8 Å². The Morgan fingerprint density at radius 2 is 1.41 bits per heavy atom. The van der Waals surface area contributed by atoms with Gasteiger partial charge in [0, 0.05) is 24.5 Å². The number of anilines is 2. The number of halogens is 1. The van der Waals surface area contributed by atoms with Gasteiger partial charge in [-0.15, -0.1) is 0 Å². The maximum absolute atomic E-state index is 12.8. The topological polar surface area (TPSA) is 113 Å². The van der Waals surface area contributed by atoms with Crippen molar-refractivity contribution in [1.29, 1.82) is 0 Å². The summed E-state index contributed by atoms with van der Waals surface area (Å²) in [6, 6.07) is 18.1. The molecule has 0 aromatic heterocycles. The lowest BCUT2D eigenvalue weighted by Gasteiger charge is -2.16. The van der Waals surface area contributed by atoms with E-state index in [2.05, 4.69) is 10.0 Å². The maximum atomic E-state index is 12.8. The minimum atomic E-state index is -3.80. The third kappa shape index (κ3) is 5.25. The van der Waals surface area contributed by atoms with E-state index >= 15 is 0 Å². The molecule has 1 aliphatic heterocycles. The van der Waals surface area contributed by atoms with E-state index in [9.17, 15) is 21.6 Å². The second-order valence-electron chi connectivity index (χ2n) is 7.70. The SMILES string of the molecule is O=C(Nc1ccc(S(=O)(=O)Nc2ccccc2)cc1)c1cc(S(=O)(=O)N2CCCC2)ccc1Cl. The van der Waals surface area contributed by atoms with Crippen molar-refractivity contribution >= 4 is 48.9 Å². The Labute approximate surface area is 203 Å². The predicted octanol–water partition coefficient (Wildman–Crippen LogP) is 4.18. The molecule has 1 fully saturated rings. The zero-order valence-corrected chi connectivity index (χ0v) is 20.3. The predicted molar refractivity (Wildman–Crippen MR) is 131 cm³/mol. The minimum Gasteiger partial charge on any atom is -0.322 e. The molecule has 0 radical (unpaired) electrons. The van der Waals surface area contributed by atoms with E-state index in [4.69, 9.17) is 11.6 Å². The lowest BCUT2D eigenvalue weighted by atomic mass is 10.2. The molecule has 0 bridgehead atoms.